The molecule has 0 unspecified atom stereocenters. The number of hydrogen-bond acceptors (Lipinski definition) is 5. The van der Waals surface area contributed by atoms with E-state index in [2.05, 4.69) is 0 Å². The summed E-state index contributed by atoms with van der Waals surface area (Å²) in [6, 6.07) is 3.77. The highest BCUT2D eigenvalue weighted by Gasteiger charge is 2.52. The van der Waals surface area contributed by atoms with Crippen LogP contribution in [0.3, 0.4) is 0 Å². The van der Waals surface area contributed by atoms with Gasteiger partial charge in [0.25, 0.3) is 0 Å². The average Bonchev–Trinajstić information content (AvgIpc) is 2.73. The molecule has 1 aromatic rings. The number of ether oxygens (including phenoxy) is 1. The number of benzene rings is 1. The predicted octanol–water partition coefficient (Wildman–Crippen LogP) is 3.01. The first kappa shape index (κ1) is 19.6. The van der Waals surface area contributed by atoms with Gasteiger partial charge in [-0.3, -0.25) is 0 Å². The zero-order chi connectivity index (χ0) is 18.8. The maximum absolute atomic E-state index is 13.7. The summed E-state index contributed by atoms with van der Waals surface area (Å²) in [6.07, 6.45) is 1.51. The molecule has 1 aromatic carbocycles. The molecule has 25 heavy (non-hydrogen) atoms. The fraction of sp³-hybridized carbons (Fsp3) is 0.500. The molecule has 1 heterocycles. The number of rotatable bonds is 5. The molecule has 5 nitrogen and oxygen atoms in total. The van der Waals surface area contributed by atoms with Gasteiger partial charge in [0.2, 0.25) is 0 Å². The summed E-state index contributed by atoms with van der Waals surface area (Å²) in [7, 11) is -0.784. The number of carbonyl (C=O) groups is 1. The van der Waals surface area contributed by atoms with Crippen LogP contribution in [0.2, 0.25) is 0 Å². The number of hydrogen-bond donors (Lipinski definition) is 1. The zero-order valence-corrected chi connectivity index (χ0v) is 15.3. The van der Waals surface area contributed by atoms with E-state index in [1.165, 1.54) is 24.3 Å². The summed E-state index contributed by atoms with van der Waals surface area (Å²) >= 11 is 0. The van der Waals surface area contributed by atoms with Crippen molar-refractivity contribution < 1.29 is 28.3 Å². The van der Waals surface area contributed by atoms with Crippen molar-refractivity contribution in [3.05, 3.63) is 40.6 Å². The monoisotopic (exact) mass is 350 g/mol. The molecule has 1 saturated heterocycles. The van der Waals surface area contributed by atoms with Crippen LogP contribution in [0.1, 0.15) is 50.5 Å². The topological polar surface area (TPSA) is 65.0 Å². The van der Waals surface area contributed by atoms with Gasteiger partial charge in [0.15, 0.2) is 0 Å². The second kappa shape index (κ2) is 7.27. The highest BCUT2D eigenvalue weighted by atomic mass is 19.1. The van der Waals surface area contributed by atoms with E-state index in [0.717, 1.165) is 0 Å². The minimum atomic E-state index is -0.784. The fourth-order valence-corrected chi connectivity index (χ4v) is 2.43. The van der Waals surface area contributed by atoms with Crippen LogP contribution in [0, 0.1) is 5.82 Å². The maximum atomic E-state index is 13.7. The summed E-state index contributed by atoms with van der Waals surface area (Å²) in [6.45, 7) is 9.14. The second-order valence-corrected chi connectivity index (χ2v) is 6.92. The van der Waals surface area contributed by atoms with Crippen LogP contribution in [-0.4, -0.2) is 42.6 Å². The Hall–Kier alpha value is -1.70. The van der Waals surface area contributed by atoms with E-state index in [4.69, 9.17) is 14.0 Å². The van der Waals surface area contributed by atoms with Crippen LogP contribution in [-0.2, 0) is 14.0 Å². The molecule has 0 radical (unpaired) electrons. The van der Waals surface area contributed by atoms with E-state index in [0.29, 0.717) is 11.0 Å². The summed E-state index contributed by atoms with van der Waals surface area (Å²) in [5.74, 6) is -1.05. The van der Waals surface area contributed by atoms with Crippen molar-refractivity contribution in [3.8, 4) is 0 Å². The molecule has 0 spiro atoms. The molecule has 136 valence electrons. The molecular weight excluding hydrogens is 326 g/mol. The second-order valence-electron chi connectivity index (χ2n) is 6.92. The SMILES string of the molecule is CCOC(=O)c1ccc(F)cc1C=C(CO)B1OC(C)(C)C(C)(C)O1. The van der Waals surface area contributed by atoms with Crippen molar-refractivity contribution in [1.82, 2.24) is 0 Å². The molecule has 0 saturated carbocycles. The minimum Gasteiger partial charge on any atom is -0.462 e. The molecule has 2 rings (SSSR count). The van der Waals surface area contributed by atoms with E-state index in [1.54, 1.807) is 6.92 Å². The number of aliphatic hydroxyl groups is 1. The van der Waals surface area contributed by atoms with Crippen LogP contribution >= 0.6 is 0 Å². The summed E-state index contributed by atoms with van der Waals surface area (Å²) < 4.78 is 30.5. The lowest BCUT2D eigenvalue weighted by molar-refractivity contribution is 0.00578. The summed E-state index contributed by atoms with van der Waals surface area (Å²) in [5, 5.41) is 9.75. The molecular formula is C18H24BFO5. The highest BCUT2D eigenvalue weighted by molar-refractivity contribution is 6.55. The Morgan fingerprint density at radius 2 is 1.88 bits per heavy atom. The summed E-state index contributed by atoms with van der Waals surface area (Å²) in [5.41, 5.74) is -0.229. The van der Waals surface area contributed by atoms with E-state index < -0.39 is 30.1 Å². The Morgan fingerprint density at radius 3 is 2.40 bits per heavy atom. The molecule has 7 heteroatoms. The van der Waals surface area contributed by atoms with E-state index in [1.807, 2.05) is 27.7 Å². The maximum Gasteiger partial charge on any atom is 0.492 e. The standard InChI is InChI=1S/C18H24BFO5/c1-6-23-16(22)15-8-7-14(20)10-12(15)9-13(11-21)19-24-17(2,3)18(4,5)25-19/h7-10,21H,6,11H2,1-5H3. The first-order chi connectivity index (χ1) is 11.6. The number of aliphatic hydroxyl groups excluding tert-OH is 1. The Bertz CT molecular complexity index is 668. The smallest absolute Gasteiger partial charge is 0.462 e. The van der Waals surface area contributed by atoms with Gasteiger partial charge in [-0.15, -0.1) is 0 Å². The van der Waals surface area contributed by atoms with E-state index >= 15 is 0 Å². The number of halogens is 1. The fourth-order valence-electron chi connectivity index (χ4n) is 2.43. The Labute approximate surface area is 147 Å². The average molecular weight is 350 g/mol. The van der Waals surface area contributed by atoms with Gasteiger partial charge in [0.05, 0.1) is 30.0 Å². The molecule has 1 N–H and O–H groups in total. The van der Waals surface area contributed by atoms with Crippen molar-refractivity contribution in [1.29, 1.82) is 0 Å². The normalized spacial score (nSPS) is 19.2. The molecule has 0 atom stereocenters. The molecule has 0 aromatic heterocycles. The summed E-state index contributed by atoms with van der Waals surface area (Å²) in [4.78, 5) is 12.1. The lowest BCUT2D eigenvalue weighted by Crippen LogP contribution is -2.41. The third-order valence-corrected chi connectivity index (χ3v) is 4.59. The first-order valence-corrected chi connectivity index (χ1v) is 8.25. The van der Waals surface area contributed by atoms with Crippen molar-refractivity contribution >= 4 is 19.2 Å². The Kier molecular flexibility index (Phi) is 5.71. The van der Waals surface area contributed by atoms with E-state index in [-0.39, 0.29) is 18.8 Å². The Balaban J connectivity index is 2.40. The van der Waals surface area contributed by atoms with Crippen molar-refractivity contribution in [3.63, 3.8) is 0 Å². The van der Waals surface area contributed by atoms with Gasteiger partial charge in [0.1, 0.15) is 5.82 Å². The van der Waals surface area contributed by atoms with Gasteiger partial charge < -0.3 is 19.2 Å². The van der Waals surface area contributed by atoms with Gasteiger partial charge in [-0.25, -0.2) is 9.18 Å². The molecule has 0 aliphatic carbocycles. The predicted molar refractivity (Wildman–Crippen MR) is 93.5 cm³/mol. The molecule has 1 aliphatic rings. The van der Waals surface area contributed by atoms with Crippen molar-refractivity contribution in [2.45, 2.75) is 45.8 Å². The van der Waals surface area contributed by atoms with Crippen molar-refractivity contribution in [2.75, 3.05) is 13.2 Å². The largest absolute Gasteiger partial charge is 0.492 e. The highest BCUT2D eigenvalue weighted by Crippen LogP contribution is 2.38. The van der Waals surface area contributed by atoms with Crippen LogP contribution in [0.15, 0.2) is 23.7 Å². The van der Waals surface area contributed by atoms with Gasteiger partial charge in [-0.2, -0.15) is 0 Å². The first-order valence-electron chi connectivity index (χ1n) is 8.25. The lowest BCUT2D eigenvalue weighted by atomic mass is 9.77. The zero-order valence-electron chi connectivity index (χ0n) is 15.3. The quantitative estimate of drug-likeness (QED) is 0.653. The van der Waals surface area contributed by atoms with Gasteiger partial charge in [-0.05, 0) is 63.9 Å². The third kappa shape index (κ3) is 4.11. The van der Waals surface area contributed by atoms with Gasteiger partial charge >= 0.3 is 13.1 Å². The van der Waals surface area contributed by atoms with Crippen LogP contribution in [0.5, 0.6) is 0 Å². The molecule has 0 amide bonds. The van der Waals surface area contributed by atoms with E-state index in [9.17, 15) is 14.3 Å². The molecule has 1 aliphatic heterocycles. The molecule has 1 fully saturated rings. The lowest BCUT2D eigenvalue weighted by Gasteiger charge is -2.32. The van der Waals surface area contributed by atoms with Crippen LogP contribution in [0.4, 0.5) is 4.39 Å². The van der Waals surface area contributed by atoms with Crippen molar-refractivity contribution in [2.24, 2.45) is 0 Å². The number of esters is 1. The Morgan fingerprint density at radius 1 is 1.28 bits per heavy atom. The van der Waals surface area contributed by atoms with Crippen LogP contribution in [0.25, 0.3) is 6.08 Å². The molecule has 0 bridgehead atoms. The van der Waals surface area contributed by atoms with Crippen LogP contribution < -0.4 is 0 Å². The third-order valence-electron chi connectivity index (χ3n) is 4.59. The van der Waals surface area contributed by atoms with Gasteiger partial charge in [0, 0.05) is 0 Å². The van der Waals surface area contributed by atoms with Gasteiger partial charge in [-0.1, -0.05) is 6.08 Å². The minimum absolute atomic E-state index is 0.212. The number of carbonyl (C=O) groups excluding carboxylic acids is 1.